The smallest absolute Gasteiger partial charge is 0.255 e. The number of aromatic nitrogens is 2. The van der Waals surface area contributed by atoms with Gasteiger partial charge in [-0.3, -0.25) is 9.20 Å². The van der Waals surface area contributed by atoms with Crippen molar-refractivity contribution < 1.29 is 4.79 Å². The molecule has 1 aliphatic rings. The van der Waals surface area contributed by atoms with E-state index >= 15 is 0 Å². The number of likely N-dealkylation sites (N-methyl/N-ethyl adjacent to an activating group) is 1. The third kappa shape index (κ3) is 4.74. The predicted octanol–water partition coefficient (Wildman–Crippen LogP) is 3.35. The summed E-state index contributed by atoms with van der Waals surface area (Å²) in [6.45, 7) is 6.49. The van der Waals surface area contributed by atoms with Gasteiger partial charge in [0.1, 0.15) is 11.5 Å². The van der Waals surface area contributed by atoms with Crippen molar-refractivity contribution in [2.75, 3.05) is 51.7 Å². The van der Waals surface area contributed by atoms with Crippen LogP contribution in [0.3, 0.4) is 0 Å². The minimum atomic E-state index is 0.111. The number of pyridine rings is 1. The molecule has 1 aromatic carbocycles. The van der Waals surface area contributed by atoms with E-state index in [4.69, 9.17) is 4.98 Å². The normalized spacial score (nSPS) is 14.9. The molecule has 164 valence electrons. The first kappa shape index (κ1) is 21.4. The fourth-order valence-electron chi connectivity index (χ4n) is 4.31. The molecule has 0 bridgehead atoms. The Morgan fingerprint density at radius 1 is 1.06 bits per heavy atom. The first-order valence-corrected chi connectivity index (χ1v) is 11.3. The van der Waals surface area contributed by atoms with Crippen molar-refractivity contribution >= 4 is 17.4 Å². The highest BCUT2D eigenvalue weighted by atomic mass is 16.2. The lowest BCUT2D eigenvalue weighted by atomic mass is 10.1. The van der Waals surface area contributed by atoms with Crippen molar-refractivity contribution in [3.8, 4) is 0 Å². The number of carbonyl (C=O) groups excluding carboxylic acids is 1. The number of imidazole rings is 1. The average Bonchev–Trinajstić information content (AvgIpc) is 3.17. The molecule has 2 aromatic heterocycles. The average molecular weight is 420 g/mol. The Morgan fingerprint density at radius 3 is 2.52 bits per heavy atom. The lowest BCUT2D eigenvalue weighted by Crippen LogP contribution is -2.47. The maximum atomic E-state index is 13.1. The summed E-state index contributed by atoms with van der Waals surface area (Å²) in [4.78, 5) is 24.4. The molecule has 31 heavy (non-hydrogen) atoms. The summed E-state index contributed by atoms with van der Waals surface area (Å²) in [7, 11) is 4.23. The Hall–Kier alpha value is -2.86. The molecule has 4 rings (SSSR count). The molecule has 3 aromatic rings. The van der Waals surface area contributed by atoms with Gasteiger partial charge in [0, 0.05) is 46.0 Å². The van der Waals surface area contributed by atoms with Crippen LogP contribution in [0.4, 0.5) is 5.82 Å². The molecule has 0 aliphatic carbocycles. The molecule has 0 radical (unpaired) electrons. The molecular weight excluding hydrogens is 386 g/mol. The summed E-state index contributed by atoms with van der Waals surface area (Å²) in [6.07, 6.45) is 4.96. The lowest BCUT2D eigenvalue weighted by molar-refractivity contribution is 0.0663. The van der Waals surface area contributed by atoms with Crippen LogP contribution in [0.2, 0.25) is 0 Å². The number of carbonyl (C=O) groups is 1. The third-order valence-electron chi connectivity index (χ3n) is 6.20. The standard InChI is InChI=1S/C25H33N5O/c1-4-22-24(28(3)14-8-11-20-9-6-5-7-10-20)30-19-21(12-13-23(30)26-22)25(31)29-17-15-27(2)16-18-29/h5-7,9-10,12-13,19H,4,8,11,14-18H2,1-3H3. The first-order chi connectivity index (χ1) is 15.1. The fraction of sp³-hybridized carbons (Fsp3) is 0.440. The second kappa shape index (κ2) is 9.52. The van der Waals surface area contributed by atoms with Gasteiger partial charge < -0.3 is 14.7 Å². The fourth-order valence-corrected chi connectivity index (χ4v) is 4.31. The van der Waals surface area contributed by atoms with Crippen LogP contribution in [0, 0.1) is 0 Å². The van der Waals surface area contributed by atoms with E-state index in [0.717, 1.165) is 74.7 Å². The van der Waals surface area contributed by atoms with Crippen LogP contribution in [-0.2, 0) is 12.8 Å². The summed E-state index contributed by atoms with van der Waals surface area (Å²) in [5, 5.41) is 0. The van der Waals surface area contributed by atoms with Crippen molar-refractivity contribution in [1.29, 1.82) is 0 Å². The molecule has 0 atom stereocenters. The second-order valence-electron chi connectivity index (χ2n) is 8.49. The monoisotopic (exact) mass is 419 g/mol. The van der Waals surface area contributed by atoms with Crippen LogP contribution in [0.5, 0.6) is 0 Å². The largest absolute Gasteiger partial charge is 0.359 e. The van der Waals surface area contributed by atoms with Crippen molar-refractivity contribution in [2.24, 2.45) is 0 Å². The zero-order valence-electron chi connectivity index (χ0n) is 18.9. The molecule has 1 fully saturated rings. The van der Waals surface area contributed by atoms with Gasteiger partial charge in [0.15, 0.2) is 0 Å². The van der Waals surface area contributed by atoms with Gasteiger partial charge in [-0.1, -0.05) is 37.3 Å². The van der Waals surface area contributed by atoms with E-state index < -0.39 is 0 Å². The van der Waals surface area contributed by atoms with Crippen LogP contribution in [0.15, 0.2) is 48.7 Å². The van der Waals surface area contributed by atoms with E-state index in [9.17, 15) is 4.79 Å². The number of nitrogens with zero attached hydrogens (tertiary/aromatic N) is 5. The Balaban J connectivity index is 1.54. The zero-order valence-corrected chi connectivity index (χ0v) is 18.9. The Kier molecular flexibility index (Phi) is 6.56. The zero-order chi connectivity index (χ0) is 21.8. The molecule has 1 saturated heterocycles. The number of benzene rings is 1. The molecule has 0 N–H and O–H groups in total. The summed E-state index contributed by atoms with van der Waals surface area (Å²) in [5.41, 5.74) is 4.07. The van der Waals surface area contributed by atoms with Gasteiger partial charge >= 0.3 is 0 Å². The molecule has 6 heteroatoms. The maximum absolute atomic E-state index is 13.1. The highest BCUT2D eigenvalue weighted by Crippen LogP contribution is 2.24. The SMILES string of the molecule is CCc1nc2ccc(C(=O)N3CCN(C)CC3)cn2c1N(C)CCCc1ccccc1. The highest BCUT2D eigenvalue weighted by Gasteiger charge is 2.22. The Morgan fingerprint density at radius 2 is 1.81 bits per heavy atom. The van der Waals surface area contributed by atoms with E-state index in [1.807, 2.05) is 23.2 Å². The number of piperazine rings is 1. The van der Waals surface area contributed by atoms with Gasteiger partial charge in [-0.25, -0.2) is 4.98 Å². The minimum absolute atomic E-state index is 0.111. The molecule has 6 nitrogen and oxygen atoms in total. The minimum Gasteiger partial charge on any atom is -0.359 e. The van der Waals surface area contributed by atoms with E-state index in [0.29, 0.717) is 0 Å². The highest BCUT2D eigenvalue weighted by molar-refractivity contribution is 5.94. The van der Waals surface area contributed by atoms with Gasteiger partial charge in [-0.2, -0.15) is 0 Å². The number of hydrogen-bond donors (Lipinski definition) is 0. The lowest BCUT2D eigenvalue weighted by Gasteiger charge is -2.32. The van der Waals surface area contributed by atoms with Gasteiger partial charge in [-0.05, 0) is 44.0 Å². The summed E-state index contributed by atoms with van der Waals surface area (Å²) in [5.74, 6) is 1.21. The van der Waals surface area contributed by atoms with E-state index in [-0.39, 0.29) is 5.91 Å². The molecule has 1 aliphatic heterocycles. The van der Waals surface area contributed by atoms with Gasteiger partial charge in [0.25, 0.3) is 5.91 Å². The number of fused-ring (bicyclic) bond motifs is 1. The van der Waals surface area contributed by atoms with Crippen molar-refractivity contribution in [3.63, 3.8) is 0 Å². The number of amides is 1. The van der Waals surface area contributed by atoms with Crippen LogP contribution in [0.1, 0.15) is 35.0 Å². The Labute approximate surface area is 185 Å². The molecule has 1 amide bonds. The third-order valence-corrected chi connectivity index (χ3v) is 6.20. The molecule has 0 unspecified atom stereocenters. The van der Waals surface area contributed by atoms with E-state index in [2.05, 4.69) is 65.6 Å². The van der Waals surface area contributed by atoms with Crippen molar-refractivity contribution in [2.45, 2.75) is 26.2 Å². The van der Waals surface area contributed by atoms with Crippen LogP contribution in [0.25, 0.3) is 5.65 Å². The van der Waals surface area contributed by atoms with E-state index in [1.165, 1.54) is 5.56 Å². The van der Waals surface area contributed by atoms with Crippen LogP contribution >= 0.6 is 0 Å². The Bertz CT molecular complexity index is 1020. The molecule has 0 spiro atoms. The summed E-state index contributed by atoms with van der Waals surface area (Å²) < 4.78 is 2.10. The maximum Gasteiger partial charge on any atom is 0.255 e. The molecule has 0 saturated carbocycles. The number of aryl methyl sites for hydroxylation is 2. The van der Waals surface area contributed by atoms with Crippen LogP contribution in [-0.4, -0.2) is 71.9 Å². The quantitative estimate of drug-likeness (QED) is 0.589. The predicted molar refractivity (Wildman–Crippen MR) is 126 cm³/mol. The van der Waals surface area contributed by atoms with Gasteiger partial charge in [0.2, 0.25) is 0 Å². The van der Waals surface area contributed by atoms with Gasteiger partial charge in [-0.15, -0.1) is 0 Å². The molecular formula is C25H33N5O. The van der Waals surface area contributed by atoms with Gasteiger partial charge in [0.05, 0.1) is 11.3 Å². The first-order valence-electron chi connectivity index (χ1n) is 11.3. The number of anilines is 1. The van der Waals surface area contributed by atoms with Crippen molar-refractivity contribution in [1.82, 2.24) is 19.2 Å². The van der Waals surface area contributed by atoms with Crippen LogP contribution < -0.4 is 4.90 Å². The topological polar surface area (TPSA) is 44.1 Å². The molecule has 3 heterocycles. The summed E-state index contributed by atoms with van der Waals surface area (Å²) in [6, 6.07) is 14.5. The summed E-state index contributed by atoms with van der Waals surface area (Å²) >= 11 is 0. The van der Waals surface area contributed by atoms with E-state index in [1.54, 1.807) is 0 Å². The van der Waals surface area contributed by atoms with Crippen molar-refractivity contribution in [3.05, 3.63) is 65.5 Å². The number of rotatable bonds is 7. The second-order valence-corrected chi connectivity index (χ2v) is 8.49. The number of hydrogen-bond acceptors (Lipinski definition) is 4.